The predicted octanol–water partition coefficient (Wildman–Crippen LogP) is 2.66. The zero-order chi connectivity index (χ0) is 11.8. The van der Waals surface area contributed by atoms with Gasteiger partial charge in [-0.05, 0) is 30.5 Å². The van der Waals surface area contributed by atoms with Crippen LogP contribution in [0, 0.1) is 5.92 Å². The molecule has 0 amide bonds. The fourth-order valence-electron chi connectivity index (χ4n) is 2.00. The summed E-state index contributed by atoms with van der Waals surface area (Å²) < 4.78 is 14.3. The molecule has 5 heteroatoms. The predicted molar refractivity (Wildman–Crippen MR) is 60.4 cm³/mol. The summed E-state index contributed by atoms with van der Waals surface area (Å²) in [4.78, 5) is 0. The number of benzene rings is 1. The highest BCUT2D eigenvalue weighted by atomic mass is 35.5. The largest absolute Gasteiger partial charge is 0.409 e. The van der Waals surface area contributed by atoms with Crippen molar-refractivity contribution in [2.75, 3.05) is 0 Å². The SMILES string of the molecule is N/C(=N\O)C1CC(F)(c2ccc(Cl)cc2)C1. The van der Waals surface area contributed by atoms with Gasteiger partial charge in [0.25, 0.3) is 0 Å². The molecule has 0 atom stereocenters. The lowest BCUT2D eigenvalue weighted by Gasteiger charge is -2.41. The van der Waals surface area contributed by atoms with Gasteiger partial charge in [-0.2, -0.15) is 0 Å². The minimum absolute atomic E-state index is 0.0993. The van der Waals surface area contributed by atoms with Gasteiger partial charge in [0.2, 0.25) is 0 Å². The third kappa shape index (κ3) is 1.85. The molecule has 0 aliphatic heterocycles. The molecule has 0 aromatic heterocycles. The molecule has 2 rings (SSSR count). The minimum atomic E-state index is -1.37. The Morgan fingerprint density at radius 1 is 1.44 bits per heavy atom. The average Bonchev–Trinajstić information content (AvgIpc) is 2.25. The zero-order valence-electron chi connectivity index (χ0n) is 8.53. The summed E-state index contributed by atoms with van der Waals surface area (Å²) in [5, 5.41) is 11.9. The summed E-state index contributed by atoms with van der Waals surface area (Å²) in [6.45, 7) is 0. The first-order chi connectivity index (χ1) is 7.55. The van der Waals surface area contributed by atoms with Gasteiger partial charge in [0.05, 0.1) is 0 Å². The van der Waals surface area contributed by atoms with Crippen molar-refractivity contribution in [2.45, 2.75) is 18.5 Å². The summed E-state index contributed by atoms with van der Waals surface area (Å²) >= 11 is 5.73. The normalized spacial score (nSPS) is 29.9. The fourth-order valence-corrected chi connectivity index (χ4v) is 2.12. The highest BCUT2D eigenvalue weighted by Crippen LogP contribution is 2.49. The molecule has 1 aromatic carbocycles. The maximum Gasteiger partial charge on any atom is 0.142 e. The van der Waals surface area contributed by atoms with Crippen LogP contribution >= 0.6 is 11.6 Å². The summed E-state index contributed by atoms with van der Waals surface area (Å²) in [6, 6.07) is 6.67. The van der Waals surface area contributed by atoms with Crippen LogP contribution in [-0.2, 0) is 5.67 Å². The van der Waals surface area contributed by atoms with Gasteiger partial charge in [-0.1, -0.05) is 28.9 Å². The van der Waals surface area contributed by atoms with Gasteiger partial charge in [0, 0.05) is 10.9 Å². The zero-order valence-corrected chi connectivity index (χ0v) is 9.28. The third-order valence-corrected chi connectivity index (χ3v) is 3.29. The molecule has 0 unspecified atom stereocenters. The van der Waals surface area contributed by atoms with E-state index in [-0.39, 0.29) is 24.6 Å². The number of nitrogens with zero attached hydrogens (tertiary/aromatic N) is 1. The molecule has 16 heavy (non-hydrogen) atoms. The number of rotatable bonds is 2. The van der Waals surface area contributed by atoms with Crippen LogP contribution in [0.1, 0.15) is 18.4 Å². The third-order valence-electron chi connectivity index (χ3n) is 3.04. The molecule has 1 aromatic rings. The Kier molecular flexibility index (Phi) is 2.76. The first-order valence-electron chi connectivity index (χ1n) is 4.97. The van der Waals surface area contributed by atoms with E-state index >= 15 is 0 Å². The van der Waals surface area contributed by atoms with Crippen molar-refractivity contribution in [3.63, 3.8) is 0 Å². The Labute approximate surface area is 97.7 Å². The van der Waals surface area contributed by atoms with Gasteiger partial charge in [-0.25, -0.2) is 4.39 Å². The topological polar surface area (TPSA) is 58.6 Å². The molecule has 0 radical (unpaired) electrons. The Morgan fingerprint density at radius 2 is 2.00 bits per heavy atom. The molecule has 1 saturated carbocycles. The van der Waals surface area contributed by atoms with Gasteiger partial charge < -0.3 is 10.9 Å². The molecule has 1 aliphatic rings. The van der Waals surface area contributed by atoms with Crippen molar-refractivity contribution in [3.05, 3.63) is 34.9 Å². The number of halogens is 2. The molecule has 3 N–H and O–H groups in total. The smallest absolute Gasteiger partial charge is 0.142 e. The average molecular weight is 243 g/mol. The molecular formula is C11H12ClFN2O. The van der Waals surface area contributed by atoms with Crippen molar-refractivity contribution in [1.29, 1.82) is 0 Å². The number of hydrogen-bond acceptors (Lipinski definition) is 2. The first kappa shape index (κ1) is 11.2. The Balaban J connectivity index is 2.10. The van der Waals surface area contributed by atoms with Crippen molar-refractivity contribution < 1.29 is 9.60 Å². The molecular weight excluding hydrogens is 231 g/mol. The van der Waals surface area contributed by atoms with Gasteiger partial charge >= 0.3 is 0 Å². The summed E-state index contributed by atoms with van der Waals surface area (Å²) in [5.41, 5.74) is 4.64. The molecule has 3 nitrogen and oxygen atoms in total. The highest BCUT2D eigenvalue weighted by molar-refractivity contribution is 6.30. The molecule has 1 aliphatic carbocycles. The molecule has 0 heterocycles. The quantitative estimate of drug-likeness (QED) is 0.363. The molecule has 86 valence electrons. The Hall–Kier alpha value is -1.29. The Morgan fingerprint density at radius 3 is 2.50 bits per heavy atom. The van der Waals surface area contributed by atoms with Crippen LogP contribution in [0.25, 0.3) is 0 Å². The lowest BCUT2D eigenvalue weighted by molar-refractivity contribution is 0.0305. The molecule has 0 bridgehead atoms. The maximum atomic E-state index is 14.3. The fraction of sp³-hybridized carbons (Fsp3) is 0.364. The standard InChI is InChI=1S/C11H12ClFN2O/c12-9-3-1-8(2-4-9)11(13)5-7(6-11)10(14)15-16/h1-4,7,16H,5-6H2,(H2,14,15). The lowest BCUT2D eigenvalue weighted by Crippen LogP contribution is -2.44. The van der Waals surface area contributed by atoms with Crippen LogP contribution in [0.3, 0.4) is 0 Å². The number of hydrogen-bond donors (Lipinski definition) is 2. The van der Waals surface area contributed by atoms with Crippen molar-refractivity contribution in [1.82, 2.24) is 0 Å². The second-order valence-electron chi connectivity index (χ2n) is 4.10. The second kappa shape index (κ2) is 3.94. The van der Waals surface area contributed by atoms with Crippen molar-refractivity contribution >= 4 is 17.4 Å². The summed E-state index contributed by atoms with van der Waals surface area (Å²) in [7, 11) is 0. The van der Waals surface area contributed by atoms with E-state index < -0.39 is 5.67 Å². The van der Waals surface area contributed by atoms with Gasteiger partial charge in [0.1, 0.15) is 11.5 Å². The second-order valence-corrected chi connectivity index (χ2v) is 4.54. The number of amidine groups is 1. The van der Waals surface area contributed by atoms with Gasteiger partial charge in [-0.3, -0.25) is 0 Å². The van der Waals surface area contributed by atoms with Crippen LogP contribution in [-0.4, -0.2) is 11.0 Å². The number of alkyl halides is 1. The monoisotopic (exact) mass is 242 g/mol. The van der Waals surface area contributed by atoms with Crippen LogP contribution in [0.4, 0.5) is 4.39 Å². The number of oxime groups is 1. The first-order valence-corrected chi connectivity index (χ1v) is 5.35. The van der Waals surface area contributed by atoms with E-state index in [0.29, 0.717) is 10.6 Å². The van der Waals surface area contributed by atoms with E-state index in [2.05, 4.69) is 5.16 Å². The van der Waals surface area contributed by atoms with Crippen LogP contribution in [0.15, 0.2) is 29.4 Å². The van der Waals surface area contributed by atoms with Crippen LogP contribution < -0.4 is 5.73 Å². The molecule has 0 spiro atoms. The van der Waals surface area contributed by atoms with Crippen LogP contribution in [0.2, 0.25) is 5.02 Å². The van der Waals surface area contributed by atoms with Gasteiger partial charge in [-0.15, -0.1) is 0 Å². The van der Waals surface area contributed by atoms with E-state index in [1.807, 2.05) is 0 Å². The summed E-state index contributed by atoms with van der Waals surface area (Å²) in [6.07, 6.45) is 0.509. The highest BCUT2D eigenvalue weighted by Gasteiger charge is 2.47. The van der Waals surface area contributed by atoms with Crippen molar-refractivity contribution in [2.24, 2.45) is 16.8 Å². The minimum Gasteiger partial charge on any atom is -0.409 e. The lowest BCUT2D eigenvalue weighted by atomic mass is 9.68. The van der Waals surface area contributed by atoms with E-state index in [0.717, 1.165) is 0 Å². The van der Waals surface area contributed by atoms with Crippen LogP contribution in [0.5, 0.6) is 0 Å². The van der Waals surface area contributed by atoms with E-state index in [1.165, 1.54) is 0 Å². The molecule has 0 saturated heterocycles. The van der Waals surface area contributed by atoms with Gasteiger partial charge in [0.15, 0.2) is 0 Å². The van der Waals surface area contributed by atoms with Crippen molar-refractivity contribution in [3.8, 4) is 0 Å². The molecule has 1 fully saturated rings. The van der Waals surface area contributed by atoms with E-state index in [4.69, 9.17) is 22.5 Å². The van der Waals surface area contributed by atoms with E-state index in [9.17, 15) is 4.39 Å². The summed E-state index contributed by atoms with van der Waals surface area (Å²) in [5.74, 6) is -0.0760. The Bertz CT molecular complexity index is 412. The van der Waals surface area contributed by atoms with E-state index in [1.54, 1.807) is 24.3 Å². The maximum absolute atomic E-state index is 14.3. The number of nitrogens with two attached hydrogens (primary N) is 1.